The summed E-state index contributed by atoms with van der Waals surface area (Å²) in [6.07, 6.45) is 1.60. The number of benzene rings is 2. The number of amides is 2. The van der Waals surface area contributed by atoms with Crippen LogP contribution >= 0.6 is 11.8 Å². The number of carbonyl (C=O) groups excluding carboxylic acids is 2. The number of carbonyl (C=O) groups is 2. The van der Waals surface area contributed by atoms with E-state index in [1.54, 1.807) is 55.5 Å². The van der Waals surface area contributed by atoms with Crippen LogP contribution in [0.5, 0.6) is 17.2 Å². The second kappa shape index (κ2) is 11.1. The number of thioether (sulfide) groups is 1. The average molecular weight is 508 g/mol. The van der Waals surface area contributed by atoms with Crippen molar-refractivity contribution in [2.75, 3.05) is 25.1 Å². The maximum atomic E-state index is 12.5. The van der Waals surface area contributed by atoms with Crippen LogP contribution in [0.25, 0.3) is 6.08 Å². The van der Waals surface area contributed by atoms with E-state index in [9.17, 15) is 9.59 Å². The number of hydrogen-bond donors (Lipinski definition) is 2. The quantitative estimate of drug-likeness (QED) is 0.386. The molecule has 2 aromatic carbocycles. The Hall–Kier alpha value is -4.12. The maximum absolute atomic E-state index is 12.5. The molecule has 2 aliphatic heterocycles. The average Bonchev–Trinajstić information content (AvgIpc) is 3.21. The zero-order valence-electron chi connectivity index (χ0n) is 20.0. The molecule has 4 rings (SSSR count). The van der Waals surface area contributed by atoms with Crippen LogP contribution in [0.15, 0.2) is 58.1 Å². The first-order chi connectivity index (χ1) is 17.3. The highest BCUT2D eigenvalue weighted by Crippen LogP contribution is 2.31. The van der Waals surface area contributed by atoms with Crippen LogP contribution in [0.4, 0.5) is 5.69 Å². The Bertz CT molecular complexity index is 1290. The molecule has 0 unspecified atom stereocenters. The molecule has 0 aliphatic carbocycles. The number of amidine groups is 2. The van der Waals surface area contributed by atoms with E-state index in [0.717, 1.165) is 5.04 Å². The molecule has 2 N–H and O–H groups in total. The molecule has 2 amide bonds. The Balaban J connectivity index is 1.40. The smallest absolute Gasteiger partial charge is 0.283 e. The highest BCUT2D eigenvalue weighted by molar-refractivity contribution is 8.26. The number of rotatable bonds is 9. The first kappa shape index (κ1) is 25.0. The molecule has 0 saturated heterocycles. The lowest BCUT2D eigenvalue weighted by molar-refractivity contribution is -0.115. The van der Waals surface area contributed by atoms with E-state index in [4.69, 9.17) is 19.6 Å². The van der Waals surface area contributed by atoms with Gasteiger partial charge in [-0.3, -0.25) is 15.0 Å². The van der Waals surface area contributed by atoms with Crippen molar-refractivity contribution in [2.24, 2.45) is 10.1 Å². The third kappa shape index (κ3) is 5.92. The van der Waals surface area contributed by atoms with Crippen molar-refractivity contribution in [3.05, 3.63) is 53.6 Å². The third-order valence-electron chi connectivity index (χ3n) is 4.92. The van der Waals surface area contributed by atoms with Crippen molar-refractivity contribution in [3.63, 3.8) is 0 Å². The molecule has 0 fully saturated rings. The van der Waals surface area contributed by atoms with Gasteiger partial charge in [0, 0.05) is 12.6 Å². The van der Waals surface area contributed by atoms with E-state index in [1.165, 1.54) is 23.7 Å². The van der Waals surface area contributed by atoms with Gasteiger partial charge in [0.15, 0.2) is 17.3 Å². The first-order valence-electron chi connectivity index (χ1n) is 11.2. The van der Waals surface area contributed by atoms with Gasteiger partial charge in [-0.15, -0.1) is 0 Å². The van der Waals surface area contributed by atoms with Crippen molar-refractivity contribution in [1.29, 1.82) is 5.41 Å². The third-order valence-corrected chi connectivity index (χ3v) is 5.74. The van der Waals surface area contributed by atoms with E-state index in [2.05, 4.69) is 15.4 Å². The second-order valence-electron chi connectivity index (χ2n) is 7.68. The molecule has 0 radical (unpaired) electrons. The van der Waals surface area contributed by atoms with Gasteiger partial charge in [0.05, 0.1) is 17.2 Å². The number of aliphatic imine (C=N–C) groups is 1. The highest BCUT2D eigenvalue weighted by Gasteiger charge is 2.34. The van der Waals surface area contributed by atoms with Crippen molar-refractivity contribution in [3.8, 4) is 17.2 Å². The summed E-state index contributed by atoms with van der Waals surface area (Å²) in [7, 11) is 0. The number of hydrazone groups is 1. The molecule has 2 aliphatic rings. The van der Waals surface area contributed by atoms with Crippen LogP contribution in [0.2, 0.25) is 0 Å². The minimum Gasteiger partial charge on any atom is -0.490 e. The van der Waals surface area contributed by atoms with Gasteiger partial charge in [-0.05, 0) is 73.6 Å². The van der Waals surface area contributed by atoms with E-state index in [0.29, 0.717) is 46.9 Å². The van der Waals surface area contributed by atoms with Crippen LogP contribution in [0.3, 0.4) is 0 Å². The van der Waals surface area contributed by atoms with E-state index in [1.807, 2.05) is 6.92 Å². The van der Waals surface area contributed by atoms with Crippen molar-refractivity contribution in [1.82, 2.24) is 5.01 Å². The standard InChI is InChI=1S/C25H25N5O5S/c1-4-33-22-14-17(13-20-23(26)30-25(28-24(20)32)36-16(3)29-30)5-10-21(22)35-12-11-34-19-8-6-18(7-9-19)27-15(2)31/h5-10,13-14,26H,4,11-12H2,1-3H3,(H,27,31)/b20-13-,26-23?. The fraction of sp³-hybridized carbons (Fsp3) is 0.240. The summed E-state index contributed by atoms with van der Waals surface area (Å²) in [4.78, 5) is 27.7. The lowest BCUT2D eigenvalue weighted by atomic mass is 10.1. The maximum Gasteiger partial charge on any atom is 0.283 e. The fourth-order valence-electron chi connectivity index (χ4n) is 3.41. The van der Waals surface area contributed by atoms with Crippen LogP contribution < -0.4 is 19.5 Å². The predicted molar refractivity (Wildman–Crippen MR) is 140 cm³/mol. The second-order valence-corrected chi connectivity index (χ2v) is 8.84. The van der Waals surface area contributed by atoms with Crippen LogP contribution in [-0.2, 0) is 9.59 Å². The molecule has 36 heavy (non-hydrogen) atoms. The Morgan fingerprint density at radius 3 is 2.58 bits per heavy atom. The van der Waals surface area contributed by atoms with Gasteiger partial charge in [-0.2, -0.15) is 15.1 Å². The molecular formula is C25H25N5O5S. The molecule has 0 saturated carbocycles. The lowest BCUT2D eigenvalue weighted by Crippen LogP contribution is -2.35. The summed E-state index contributed by atoms with van der Waals surface area (Å²) in [5.74, 6) is 1.06. The Morgan fingerprint density at radius 2 is 1.86 bits per heavy atom. The monoisotopic (exact) mass is 507 g/mol. The summed E-state index contributed by atoms with van der Waals surface area (Å²) < 4.78 is 17.3. The normalized spacial score (nSPS) is 15.9. The topological polar surface area (TPSA) is 126 Å². The Labute approximate surface area is 212 Å². The minimum atomic E-state index is -0.482. The molecule has 2 aromatic rings. The number of anilines is 1. The van der Waals surface area contributed by atoms with Gasteiger partial charge >= 0.3 is 0 Å². The van der Waals surface area contributed by atoms with Gasteiger partial charge in [0.25, 0.3) is 5.91 Å². The lowest BCUT2D eigenvalue weighted by Gasteiger charge is -2.20. The fourth-order valence-corrected chi connectivity index (χ4v) is 4.14. The van der Waals surface area contributed by atoms with Crippen molar-refractivity contribution < 1.29 is 23.8 Å². The zero-order chi connectivity index (χ0) is 25.7. The summed E-state index contributed by atoms with van der Waals surface area (Å²) in [5, 5.41) is 17.8. The summed E-state index contributed by atoms with van der Waals surface area (Å²) in [6.45, 7) is 6.12. The first-order valence-corrected chi connectivity index (χ1v) is 12.0. The van der Waals surface area contributed by atoms with Crippen molar-refractivity contribution in [2.45, 2.75) is 20.8 Å². The van der Waals surface area contributed by atoms with Crippen molar-refractivity contribution >= 4 is 51.4 Å². The molecule has 0 atom stereocenters. The summed E-state index contributed by atoms with van der Waals surface area (Å²) in [5.41, 5.74) is 1.51. The Kier molecular flexibility index (Phi) is 7.69. The zero-order valence-corrected chi connectivity index (χ0v) is 20.8. The minimum absolute atomic E-state index is 0.0186. The number of nitrogens with zero attached hydrogens (tertiary/aromatic N) is 3. The number of fused-ring (bicyclic) bond motifs is 1. The van der Waals surface area contributed by atoms with Crippen LogP contribution in [-0.4, -0.2) is 52.7 Å². The van der Waals surface area contributed by atoms with Gasteiger partial charge < -0.3 is 19.5 Å². The van der Waals surface area contributed by atoms with Gasteiger partial charge in [0.1, 0.15) is 19.0 Å². The van der Waals surface area contributed by atoms with Gasteiger partial charge in [-0.1, -0.05) is 6.07 Å². The number of hydrogen-bond acceptors (Lipinski definition) is 8. The molecule has 0 spiro atoms. The van der Waals surface area contributed by atoms with Crippen LogP contribution in [0, 0.1) is 5.41 Å². The molecule has 0 aromatic heterocycles. The van der Waals surface area contributed by atoms with E-state index < -0.39 is 5.91 Å². The summed E-state index contributed by atoms with van der Waals surface area (Å²) in [6, 6.07) is 12.3. The van der Waals surface area contributed by atoms with Crippen LogP contribution in [0.1, 0.15) is 26.3 Å². The molecule has 11 heteroatoms. The highest BCUT2D eigenvalue weighted by atomic mass is 32.2. The number of nitrogens with one attached hydrogen (secondary N) is 2. The molecule has 186 valence electrons. The molecule has 0 bridgehead atoms. The van der Waals surface area contributed by atoms with E-state index >= 15 is 0 Å². The largest absolute Gasteiger partial charge is 0.490 e. The predicted octanol–water partition coefficient (Wildman–Crippen LogP) is 4.14. The molecule has 10 nitrogen and oxygen atoms in total. The summed E-state index contributed by atoms with van der Waals surface area (Å²) >= 11 is 1.26. The van der Waals surface area contributed by atoms with E-state index in [-0.39, 0.29) is 23.9 Å². The molecular weight excluding hydrogens is 482 g/mol. The Morgan fingerprint density at radius 1 is 1.11 bits per heavy atom. The SMILES string of the molecule is CCOc1cc(/C=C2/C(=N)N3N=C(C)SC3=NC2=O)ccc1OCCOc1ccc(NC(C)=O)cc1. The number of ether oxygens (including phenoxy) is 3. The van der Waals surface area contributed by atoms with Gasteiger partial charge in [0.2, 0.25) is 11.1 Å². The molecule has 2 heterocycles. The van der Waals surface area contributed by atoms with Gasteiger partial charge in [-0.25, -0.2) is 0 Å².